The van der Waals surface area contributed by atoms with Gasteiger partial charge in [0.05, 0.1) is 221 Å². The van der Waals surface area contributed by atoms with Crippen LogP contribution in [0.4, 0.5) is 16.4 Å². The van der Waals surface area contributed by atoms with Crippen LogP contribution in [-0.4, -0.2) is 369 Å². The molecule has 0 radical (unpaired) electrons. The van der Waals surface area contributed by atoms with Gasteiger partial charge >= 0.3 is 12.0 Å². The maximum absolute atomic E-state index is 14.1. The van der Waals surface area contributed by atoms with Gasteiger partial charge in [-0.15, -0.1) is 0 Å². The molecular formula is C103H144N16O26. The van der Waals surface area contributed by atoms with Crippen LogP contribution in [0.25, 0.3) is 32.9 Å². The Balaban J connectivity index is 0.583. The number of carbonyl (C=O) groups excluding carboxylic acids is 8. The number of aromatic amines is 1. The molecule has 11 rings (SSSR count). The van der Waals surface area contributed by atoms with Gasteiger partial charge in [-0.3, -0.25) is 53.5 Å². The quantitative estimate of drug-likeness (QED) is 0.0111. The van der Waals surface area contributed by atoms with E-state index in [2.05, 4.69) is 70.8 Å². The van der Waals surface area contributed by atoms with E-state index in [0.717, 1.165) is 84.2 Å². The number of piperidine rings is 2. The summed E-state index contributed by atoms with van der Waals surface area (Å²) in [7, 11) is 4.83. The Hall–Kier alpha value is -11.4. The third kappa shape index (κ3) is 37.8. The van der Waals surface area contributed by atoms with Gasteiger partial charge in [-0.1, -0.05) is 78.6 Å². The molecule has 4 fully saturated rings. The minimum Gasteiger partial charge on any atom is -0.495 e. The molecule has 4 aromatic carbocycles. The molecule has 4 atom stereocenters. The van der Waals surface area contributed by atoms with E-state index in [4.69, 9.17) is 86.8 Å². The molecule has 11 N–H and O–H groups in total. The number of pyridine rings is 1. The number of carbonyl (C=O) groups is 9. The Morgan fingerprint density at radius 3 is 1.81 bits per heavy atom. The van der Waals surface area contributed by atoms with Gasteiger partial charge in [0.2, 0.25) is 41.4 Å². The van der Waals surface area contributed by atoms with Gasteiger partial charge < -0.3 is 138 Å². The summed E-state index contributed by atoms with van der Waals surface area (Å²) in [6, 6.07) is 28.1. The van der Waals surface area contributed by atoms with Crippen molar-refractivity contribution in [2.75, 3.05) is 255 Å². The van der Waals surface area contributed by atoms with E-state index in [9.17, 15) is 53.1 Å². The number of amides is 8. The average molecular weight is 2020 g/mol. The third-order valence-corrected chi connectivity index (χ3v) is 25.0. The Kier molecular flexibility index (Phi) is 49.1. The lowest BCUT2D eigenvalue weighted by Gasteiger charge is -2.45. The van der Waals surface area contributed by atoms with Crippen molar-refractivity contribution in [3.05, 3.63) is 148 Å². The first-order chi connectivity index (χ1) is 70.7. The molecule has 8 amide bonds. The standard InChI is InChI=1S/C103H144N16O26/c1-102(111-35-13-16-76-20-25-89(132-4)88(67-76)118-39-29-93(124)119(101(118)130)73-109-86(30-42-120)99(128)129)32-40-116(41-33-102)79-27-37-117(38-28-79)100-113-85-24-21-77(83-71-115(2)98(127)94-81(83)26-36-106-94)68-82(85)95(114-100)103(145-80-22-23-80,78-17-9-6-10-18-78)72-144-74-110-91(122)69-108-97(126)87(66-75-14-7-5-8-15-75)112-92(123)70-107-96(125)84(104)19-11-12-34-105-90(121)31-43-133-46-47-135-50-51-137-54-55-139-58-59-141-62-63-143-65-64-142-61-60-140-57-56-138-53-52-136-49-48-134-45-44-131-3/h5-10,14-15,17-18,20-21,24-26,36,42,67-68,71,79-80,84,86-87,106,109,111H,11-12,19,22-23,27-35,37-41,43-66,69-70,72-74,104H2,1-4H3,(H,105,121)(H,107,125)(H,108,126)(H,110,122)(H,112,123)(H,128,129)/t84-,86?,87-,103-/m0/s1. The average Bonchev–Trinajstić information content (AvgIpc) is 1.72. The first kappa shape index (κ1) is 114. The molecule has 1 aliphatic carbocycles. The van der Waals surface area contributed by atoms with Crippen molar-refractivity contribution in [1.29, 1.82) is 0 Å². The molecule has 3 aliphatic heterocycles. The van der Waals surface area contributed by atoms with Crippen LogP contribution in [0.2, 0.25) is 0 Å². The van der Waals surface area contributed by atoms with Crippen molar-refractivity contribution in [2.45, 2.75) is 132 Å². The smallest absolute Gasteiger partial charge is 0.332 e. The molecule has 7 aromatic rings. The van der Waals surface area contributed by atoms with E-state index in [1.807, 2.05) is 66.9 Å². The van der Waals surface area contributed by atoms with E-state index in [-0.39, 0.29) is 87.7 Å². The number of nitrogens with one attached hydrogen (secondary N) is 8. The number of H-pyrrole nitrogens is 1. The molecule has 3 saturated heterocycles. The van der Waals surface area contributed by atoms with Gasteiger partial charge in [-0.05, 0) is 118 Å². The second-order valence-electron chi connectivity index (χ2n) is 35.6. The topological polar surface area (TPSA) is 499 Å². The highest BCUT2D eigenvalue weighted by Gasteiger charge is 2.46. The molecule has 145 heavy (non-hydrogen) atoms. The number of aryl methyl sites for hydroxylation is 1. The number of aromatic nitrogens is 4. The van der Waals surface area contributed by atoms with E-state index in [1.165, 1.54) is 12.0 Å². The van der Waals surface area contributed by atoms with Crippen molar-refractivity contribution < 1.29 is 119 Å². The lowest BCUT2D eigenvalue weighted by molar-refractivity contribution is -0.141. The molecule has 0 spiro atoms. The highest BCUT2D eigenvalue weighted by atomic mass is 16.6. The van der Waals surface area contributed by atoms with Crippen LogP contribution in [0.5, 0.6) is 5.75 Å². The fourth-order valence-electron chi connectivity index (χ4n) is 16.7. The van der Waals surface area contributed by atoms with Crippen molar-refractivity contribution in [3.63, 3.8) is 0 Å². The molecule has 4 aliphatic rings. The number of urea groups is 1. The number of carboxylic acids is 1. The predicted molar refractivity (Wildman–Crippen MR) is 537 cm³/mol. The minimum absolute atomic E-state index is 0.0233. The summed E-state index contributed by atoms with van der Waals surface area (Å²) < 4.78 is 86.6. The summed E-state index contributed by atoms with van der Waals surface area (Å²) in [5.41, 5.74) is 10.2. The van der Waals surface area contributed by atoms with Crippen LogP contribution >= 0.6 is 0 Å². The summed E-state index contributed by atoms with van der Waals surface area (Å²) >= 11 is 0. The van der Waals surface area contributed by atoms with Crippen LogP contribution < -0.4 is 63.0 Å². The summed E-state index contributed by atoms with van der Waals surface area (Å²) in [6.45, 7) is 14.4. The highest BCUT2D eigenvalue weighted by Crippen LogP contribution is 2.45. The van der Waals surface area contributed by atoms with Crippen molar-refractivity contribution in [1.82, 2.24) is 66.5 Å². The number of rotatable bonds is 71. The summed E-state index contributed by atoms with van der Waals surface area (Å²) in [6.07, 6.45) is 9.98. The second-order valence-corrected chi connectivity index (χ2v) is 35.6. The maximum atomic E-state index is 14.1. The SMILES string of the molecule is COCCOCCOCCOCCOCCOCCOCCOCCOCCOCCOCCOCCC(=O)NCCCC[C@H](N)C(=O)NCC(=O)N[C@@H](Cc1ccccc1)C(=O)NCC(=O)NCOC[C@](OC1CC1)(c1ccccc1)c1nc(N2CCC(N3CCC(C)(NCC#Cc4ccc(OC)c(N5CCC(=O)N(CNC(CC=O)C(=O)O)C5=O)c4)CC3)CC2)nc2ccc(-c3cn(C)c(=O)c4[nH]ccc34)cc12. The van der Waals surface area contributed by atoms with Gasteiger partial charge in [0.1, 0.15) is 36.4 Å². The van der Waals surface area contributed by atoms with Crippen molar-refractivity contribution in [3.8, 4) is 28.7 Å². The number of likely N-dealkylation sites (tertiary alicyclic amines) is 1. The fourth-order valence-corrected chi connectivity index (χ4v) is 16.7. The number of methoxy groups -OCH3 is 2. The van der Waals surface area contributed by atoms with Crippen molar-refractivity contribution in [2.24, 2.45) is 12.8 Å². The molecule has 1 unspecified atom stereocenters. The number of unbranched alkanes of at least 4 members (excludes halogenated alkanes) is 1. The number of ether oxygens (including phenoxy) is 15. The van der Waals surface area contributed by atoms with E-state index in [1.54, 1.807) is 67.4 Å². The van der Waals surface area contributed by atoms with Gasteiger partial charge in [-0.2, -0.15) is 0 Å². The van der Waals surface area contributed by atoms with Gasteiger partial charge in [0.15, 0.2) is 5.60 Å². The Morgan fingerprint density at radius 1 is 0.628 bits per heavy atom. The van der Waals surface area contributed by atoms with Gasteiger partial charge in [0, 0.05) is 125 Å². The van der Waals surface area contributed by atoms with Crippen LogP contribution in [-0.2, 0) is 124 Å². The van der Waals surface area contributed by atoms with Crippen LogP contribution in [0.1, 0.15) is 106 Å². The molecule has 6 heterocycles. The third-order valence-electron chi connectivity index (χ3n) is 25.0. The maximum Gasteiger partial charge on any atom is 0.332 e. The Morgan fingerprint density at radius 2 is 1.22 bits per heavy atom. The number of imide groups is 1. The zero-order valence-corrected chi connectivity index (χ0v) is 83.7. The second kappa shape index (κ2) is 62.5. The van der Waals surface area contributed by atoms with Gasteiger partial charge in [0.25, 0.3) is 5.56 Å². The first-order valence-corrected chi connectivity index (χ1v) is 49.9. The monoisotopic (exact) mass is 2020 g/mol. The Labute approximate surface area is 845 Å². The van der Waals surface area contributed by atoms with E-state index < -0.39 is 85.0 Å². The number of carboxylic acid groups (broad SMARTS) is 1. The van der Waals surface area contributed by atoms with Gasteiger partial charge in [-0.25, -0.2) is 14.8 Å². The summed E-state index contributed by atoms with van der Waals surface area (Å²) in [5, 5.41) is 30.9. The summed E-state index contributed by atoms with van der Waals surface area (Å²) in [5.74, 6) is 2.92. The minimum atomic E-state index is -1.41. The zero-order valence-electron chi connectivity index (χ0n) is 83.7. The zero-order chi connectivity index (χ0) is 103. The van der Waals surface area contributed by atoms with Crippen LogP contribution in [0, 0.1) is 11.8 Å². The number of aliphatic carboxylic acids is 1. The van der Waals surface area contributed by atoms with E-state index >= 15 is 0 Å². The van der Waals surface area contributed by atoms with Crippen LogP contribution in [0.3, 0.4) is 0 Å². The largest absolute Gasteiger partial charge is 0.495 e. The number of fused-ring (bicyclic) bond motifs is 2. The number of benzene rings is 4. The molecule has 42 heteroatoms. The molecule has 0 bridgehead atoms. The molecule has 792 valence electrons. The number of nitrogens with zero attached hydrogens (tertiary/aromatic N) is 7. The molecule has 1 saturated carbocycles. The molecule has 3 aromatic heterocycles. The predicted octanol–water partition coefficient (Wildman–Crippen LogP) is 4.00. The number of anilines is 2. The summed E-state index contributed by atoms with van der Waals surface area (Å²) in [4.78, 5) is 151. The molecular weight excluding hydrogens is 1880 g/mol. The Bertz CT molecular complexity index is 5310. The number of hydrogen-bond acceptors (Lipinski definition) is 32. The van der Waals surface area contributed by atoms with E-state index in [0.29, 0.717) is 236 Å². The lowest BCUT2D eigenvalue weighted by atomic mass is 9.87. The highest BCUT2D eigenvalue weighted by molar-refractivity contribution is 6.06. The lowest BCUT2D eigenvalue weighted by Crippen LogP contribution is -2.56. The molecule has 42 nitrogen and oxygen atoms in total. The number of hydrogen-bond donors (Lipinski definition) is 10. The number of nitrogens with two attached hydrogens (primary N) is 1. The van der Waals surface area contributed by atoms with Crippen LogP contribution in [0.15, 0.2) is 120 Å². The fraction of sp³-hybridized carbons (Fsp3) is 0.573. The van der Waals surface area contributed by atoms with Crippen molar-refractivity contribution >= 4 is 87.2 Å². The first-order valence-electron chi connectivity index (χ1n) is 49.9. The normalized spacial score (nSPS) is 15.6. The number of aldehydes is 1.